The van der Waals surface area contributed by atoms with E-state index in [1.54, 1.807) is 0 Å². The average molecular weight is 302 g/mol. The molecule has 0 unspecified atom stereocenters. The van der Waals surface area contributed by atoms with Crippen LogP contribution in [-0.2, 0) is 10.0 Å². The number of sulfonamides is 1. The van der Waals surface area contributed by atoms with E-state index in [0.717, 1.165) is 0 Å². The first-order valence-corrected chi connectivity index (χ1v) is 6.55. The maximum absolute atomic E-state index is 11.1. The summed E-state index contributed by atoms with van der Waals surface area (Å²) in [7, 11) is -3.85. The van der Waals surface area contributed by atoms with E-state index >= 15 is 0 Å². The van der Waals surface area contributed by atoms with E-state index in [0.29, 0.717) is 5.56 Å². The van der Waals surface area contributed by atoms with Crippen LogP contribution in [0, 0.1) is 0 Å². The summed E-state index contributed by atoms with van der Waals surface area (Å²) in [4.78, 5) is -0.175. The van der Waals surface area contributed by atoms with Crippen LogP contribution in [0.15, 0.2) is 27.6 Å². The van der Waals surface area contributed by atoms with Crippen LogP contribution in [0.1, 0.15) is 5.56 Å². The van der Waals surface area contributed by atoms with Crippen molar-refractivity contribution >= 4 is 55.5 Å². The van der Waals surface area contributed by atoms with Crippen molar-refractivity contribution in [2.24, 2.45) is 5.14 Å². The van der Waals surface area contributed by atoms with E-state index in [2.05, 4.69) is 0 Å². The molecule has 4 nitrogen and oxygen atoms in total. The Labute approximate surface area is 108 Å². The molecular formula is C8H7Cl3N2O2S. The molecule has 0 aliphatic rings. The van der Waals surface area contributed by atoms with Crippen molar-refractivity contribution < 1.29 is 8.42 Å². The second-order valence-electron chi connectivity index (χ2n) is 2.87. The molecule has 1 rings (SSSR count). The van der Waals surface area contributed by atoms with E-state index in [4.69, 9.17) is 45.7 Å². The number of benzene rings is 1. The summed E-state index contributed by atoms with van der Waals surface area (Å²) in [5.74, 6) is 0. The molecule has 0 atom stereocenters. The van der Waals surface area contributed by atoms with Gasteiger partial charge in [-0.1, -0.05) is 40.9 Å². The Kier molecular flexibility index (Phi) is 4.09. The van der Waals surface area contributed by atoms with Crippen LogP contribution in [0.3, 0.4) is 0 Å². The van der Waals surface area contributed by atoms with Gasteiger partial charge in [0.15, 0.2) is 0 Å². The predicted molar refractivity (Wildman–Crippen MR) is 66.7 cm³/mol. The molecule has 8 heteroatoms. The van der Waals surface area contributed by atoms with Crippen LogP contribution in [0.25, 0.3) is 5.03 Å². The molecule has 0 saturated heterocycles. The third kappa shape index (κ3) is 3.02. The molecule has 0 spiro atoms. The molecule has 1 aromatic rings. The highest BCUT2D eigenvalue weighted by atomic mass is 35.5. The fourth-order valence-electron chi connectivity index (χ4n) is 1.05. The zero-order valence-electron chi connectivity index (χ0n) is 7.75. The third-order valence-electron chi connectivity index (χ3n) is 1.74. The van der Waals surface area contributed by atoms with Gasteiger partial charge < -0.3 is 5.73 Å². The first-order chi connectivity index (χ1) is 7.23. The van der Waals surface area contributed by atoms with E-state index in [1.165, 1.54) is 18.2 Å². The van der Waals surface area contributed by atoms with Crippen LogP contribution < -0.4 is 10.9 Å². The molecule has 0 radical (unpaired) electrons. The van der Waals surface area contributed by atoms with Crippen molar-refractivity contribution in [2.75, 3.05) is 5.73 Å². The summed E-state index contributed by atoms with van der Waals surface area (Å²) in [6, 6.07) is 3.97. The Morgan fingerprint density at radius 1 is 1.19 bits per heavy atom. The summed E-state index contributed by atoms with van der Waals surface area (Å²) >= 11 is 16.7. The lowest BCUT2D eigenvalue weighted by Crippen LogP contribution is -2.14. The smallest absolute Gasteiger partial charge is 0.240 e. The first kappa shape index (κ1) is 13.6. The first-order valence-electron chi connectivity index (χ1n) is 3.87. The molecule has 0 aromatic heterocycles. The van der Waals surface area contributed by atoms with Crippen LogP contribution in [0.4, 0.5) is 5.69 Å². The highest BCUT2D eigenvalue weighted by Crippen LogP contribution is 2.30. The number of nitrogens with two attached hydrogens (primary N) is 2. The molecule has 4 N–H and O–H groups in total. The van der Waals surface area contributed by atoms with Crippen molar-refractivity contribution in [2.45, 2.75) is 4.90 Å². The van der Waals surface area contributed by atoms with Crippen LogP contribution in [-0.4, -0.2) is 8.42 Å². The fourth-order valence-corrected chi connectivity index (χ4v) is 2.03. The van der Waals surface area contributed by atoms with Crippen LogP contribution >= 0.6 is 34.8 Å². The summed E-state index contributed by atoms with van der Waals surface area (Å²) in [5.41, 5.74) is 5.91. The second kappa shape index (κ2) is 4.81. The van der Waals surface area contributed by atoms with Gasteiger partial charge in [0.1, 0.15) is 9.39 Å². The number of nitrogen functional groups attached to an aromatic ring is 1. The van der Waals surface area contributed by atoms with Crippen molar-refractivity contribution in [3.05, 3.63) is 28.3 Å². The molecule has 0 amide bonds. The highest BCUT2D eigenvalue weighted by Gasteiger charge is 2.13. The van der Waals surface area contributed by atoms with Crippen molar-refractivity contribution in [3.8, 4) is 0 Å². The van der Waals surface area contributed by atoms with Crippen molar-refractivity contribution in [1.82, 2.24) is 0 Å². The van der Waals surface area contributed by atoms with E-state index in [1.807, 2.05) is 0 Å². The summed E-state index contributed by atoms with van der Waals surface area (Å²) in [5, 5.41) is 5.02. The van der Waals surface area contributed by atoms with Gasteiger partial charge in [-0.2, -0.15) is 0 Å². The number of hydrogen-bond donors (Lipinski definition) is 2. The Morgan fingerprint density at radius 3 is 2.12 bits per heavy atom. The zero-order valence-corrected chi connectivity index (χ0v) is 10.8. The van der Waals surface area contributed by atoms with Gasteiger partial charge in [-0.25, -0.2) is 13.6 Å². The topological polar surface area (TPSA) is 86.2 Å². The lowest BCUT2D eigenvalue weighted by molar-refractivity contribution is 0.598. The summed E-state index contributed by atoms with van der Waals surface area (Å²) in [6.07, 6.45) is 0. The molecule has 0 fully saturated rings. The standard InChI is InChI=1S/C8H7Cl3N2O2S/c9-7(8(10)11)4-1-2-6(5(12)3-4)16(13,14)15/h1-3H,12H2,(H2,13,14,15). The highest BCUT2D eigenvalue weighted by molar-refractivity contribution is 7.89. The zero-order chi connectivity index (χ0) is 12.5. The Bertz CT molecular complexity index is 550. The van der Waals surface area contributed by atoms with Gasteiger partial charge in [-0.05, 0) is 17.7 Å². The number of halogens is 3. The molecule has 0 saturated carbocycles. The van der Waals surface area contributed by atoms with Gasteiger partial charge in [0.2, 0.25) is 10.0 Å². The monoisotopic (exact) mass is 300 g/mol. The molecule has 0 aliphatic heterocycles. The summed E-state index contributed by atoms with van der Waals surface area (Å²) < 4.78 is 22.0. The second-order valence-corrected chi connectivity index (χ2v) is 5.73. The molecule has 16 heavy (non-hydrogen) atoms. The largest absolute Gasteiger partial charge is 0.398 e. The number of primary sulfonamides is 1. The lowest BCUT2D eigenvalue weighted by atomic mass is 10.2. The molecular weight excluding hydrogens is 295 g/mol. The predicted octanol–water partition coefficient (Wildman–Crippen LogP) is 2.26. The fraction of sp³-hybridized carbons (Fsp3) is 0. The van der Waals surface area contributed by atoms with Gasteiger partial charge in [0.25, 0.3) is 0 Å². The minimum atomic E-state index is -3.85. The van der Waals surface area contributed by atoms with Crippen LogP contribution in [0.5, 0.6) is 0 Å². The quantitative estimate of drug-likeness (QED) is 0.821. The Morgan fingerprint density at radius 2 is 1.75 bits per heavy atom. The maximum atomic E-state index is 11.1. The average Bonchev–Trinajstić information content (AvgIpc) is 2.14. The van der Waals surface area contributed by atoms with Gasteiger partial charge in [-0.15, -0.1) is 0 Å². The summed E-state index contributed by atoms with van der Waals surface area (Å²) in [6.45, 7) is 0. The Balaban J connectivity index is 3.36. The number of anilines is 1. The third-order valence-corrected chi connectivity index (χ3v) is 3.70. The van der Waals surface area contributed by atoms with E-state index in [-0.39, 0.29) is 20.1 Å². The van der Waals surface area contributed by atoms with Gasteiger partial charge in [-0.3, -0.25) is 0 Å². The molecule has 88 valence electrons. The number of rotatable bonds is 2. The maximum Gasteiger partial charge on any atom is 0.240 e. The van der Waals surface area contributed by atoms with Gasteiger partial charge in [0.05, 0.1) is 10.7 Å². The number of hydrogen-bond acceptors (Lipinski definition) is 3. The van der Waals surface area contributed by atoms with E-state index in [9.17, 15) is 8.42 Å². The molecule has 0 aliphatic carbocycles. The van der Waals surface area contributed by atoms with Crippen molar-refractivity contribution in [1.29, 1.82) is 0 Å². The van der Waals surface area contributed by atoms with Gasteiger partial charge >= 0.3 is 0 Å². The Hall–Kier alpha value is -0.460. The molecule has 1 aromatic carbocycles. The molecule has 0 heterocycles. The van der Waals surface area contributed by atoms with Crippen LogP contribution in [0.2, 0.25) is 0 Å². The minimum absolute atomic E-state index is 0.0206. The molecule has 0 bridgehead atoms. The van der Waals surface area contributed by atoms with E-state index < -0.39 is 10.0 Å². The lowest BCUT2D eigenvalue weighted by Gasteiger charge is -2.06. The minimum Gasteiger partial charge on any atom is -0.398 e. The SMILES string of the molecule is Nc1cc(C(Cl)=C(Cl)Cl)ccc1S(N)(=O)=O. The van der Waals surface area contributed by atoms with Gasteiger partial charge in [0, 0.05) is 0 Å². The van der Waals surface area contributed by atoms with Crippen molar-refractivity contribution in [3.63, 3.8) is 0 Å². The normalized spacial score (nSPS) is 11.2.